The summed E-state index contributed by atoms with van der Waals surface area (Å²) in [5.74, 6) is 0.0300. The van der Waals surface area contributed by atoms with Crippen molar-refractivity contribution in [2.24, 2.45) is 0 Å². The monoisotopic (exact) mass is 395 g/mol. The Morgan fingerprint density at radius 3 is 2.89 bits per heavy atom. The van der Waals surface area contributed by atoms with Crippen LogP contribution in [0.15, 0.2) is 45.6 Å². The van der Waals surface area contributed by atoms with Crippen LogP contribution in [0.5, 0.6) is 0 Å². The largest absolute Gasteiger partial charge is 0.335 e. The predicted molar refractivity (Wildman–Crippen MR) is 107 cm³/mol. The third-order valence-corrected chi connectivity index (χ3v) is 6.87. The summed E-state index contributed by atoms with van der Waals surface area (Å²) < 4.78 is 5.41. The molecule has 0 unspecified atom stereocenters. The Kier molecular flexibility index (Phi) is 4.06. The number of thiophene rings is 2. The van der Waals surface area contributed by atoms with E-state index in [-0.39, 0.29) is 11.9 Å². The van der Waals surface area contributed by atoms with Gasteiger partial charge in [-0.25, -0.2) is 4.98 Å². The molecule has 0 aliphatic carbocycles. The molecule has 0 N–H and O–H groups in total. The van der Waals surface area contributed by atoms with Crippen molar-refractivity contribution in [3.63, 3.8) is 0 Å². The molecule has 5 rings (SSSR count). The number of hydrogen-bond donors (Lipinski definition) is 0. The zero-order valence-electron chi connectivity index (χ0n) is 14.7. The number of fused-ring (bicyclic) bond motifs is 1. The highest BCUT2D eigenvalue weighted by Crippen LogP contribution is 2.37. The SMILES string of the molecule is Cc1noc2nc(-c3cccs3)cc(C(=O)N3CCC[C@H]3c3cccs3)c12. The highest BCUT2D eigenvalue weighted by Gasteiger charge is 2.33. The normalized spacial score (nSPS) is 17.1. The fourth-order valence-electron chi connectivity index (χ4n) is 3.76. The van der Waals surface area contributed by atoms with Crippen molar-refractivity contribution in [2.45, 2.75) is 25.8 Å². The van der Waals surface area contributed by atoms with E-state index >= 15 is 0 Å². The van der Waals surface area contributed by atoms with Gasteiger partial charge in [0.15, 0.2) is 0 Å². The minimum absolute atomic E-state index is 0.0300. The van der Waals surface area contributed by atoms with E-state index in [1.807, 2.05) is 41.5 Å². The van der Waals surface area contributed by atoms with E-state index in [1.165, 1.54) is 4.88 Å². The molecule has 136 valence electrons. The number of hydrogen-bond acceptors (Lipinski definition) is 6. The summed E-state index contributed by atoms with van der Waals surface area (Å²) >= 11 is 3.31. The van der Waals surface area contributed by atoms with Crippen molar-refractivity contribution < 1.29 is 9.32 Å². The first-order valence-electron chi connectivity index (χ1n) is 8.87. The smallest absolute Gasteiger partial charge is 0.259 e. The summed E-state index contributed by atoms with van der Waals surface area (Å²) in [5.41, 5.74) is 2.51. The van der Waals surface area contributed by atoms with Gasteiger partial charge in [-0.05, 0) is 48.7 Å². The molecule has 5 heterocycles. The van der Waals surface area contributed by atoms with Crippen LogP contribution in [0, 0.1) is 6.92 Å². The molecule has 0 spiro atoms. The van der Waals surface area contributed by atoms with Gasteiger partial charge in [-0.15, -0.1) is 22.7 Å². The quantitative estimate of drug-likeness (QED) is 0.472. The number of carbonyl (C=O) groups is 1. The number of pyridine rings is 1. The molecular formula is C20H17N3O2S2. The topological polar surface area (TPSA) is 59.2 Å². The van der Waals surface area contributed by atoms with E-state index < -0.39 is 0 Å². The molecule has 0 aromatic carbocycles. The maximum Gasteiger partial charge on any atom is 0.259 e. The van der Waals surface area contributed by atoms with E-state index in [0.29, 0.717) is 17.0 Å². The average molecular weight is 396 g/mol. The van der Waals surface area contributed by atoms with Gasteiger partial charge >= 0.3 is 0 Å². The van der Waals surface area contributed by atoms with Gasteiger partial charge in [-0.1, -0.05) is 17.3 Å². The fourth-order valence-corrected chi connectivity index (χ4v) is 5.31. The molecule has 1 aliphatic rings. The fraction of sp³-hybridized carbons (Fsp3) is 0.250. The Morgan fingerprint density at radius 1 is 1.26 bits per heavy atom. The number of rotatable bonds is 3. The van der Waals surface area contributed by atoms with Gasteiger partial charge in [0.05, 0.1) is 33.3 Å². The Balaban J connectivity index is 1.63. The Morgan fingerprint density at radius 2 is 2.11 bits per heavy atom. The van der Waals surface area contributed by atoms with Crippen molar-refractivity contribution in [1.82, 2.24) is 15.0 Å². The van der Waals surface area contributed by atoms with Gasteiger partial charge in [-0.3, -0.25) is 4.79 Å². The van der Waals surface area contributed by atoms with E-state index in [1.54, 1.807) is 22.7 Å². The van der Waals surface area contributed by atoms with Crippen LogP contribution >= 0.6 is 22.7 Å². The zero-order chi connectivity index (χ0) is 18.4. The second-order valence-electron chi connectivity index (χ2n) is 6.65. The van der Waals surface area contributed by atoms with E-state index in [9.17, 15) is 4.79 Å². The first-order chi connectivity index (χ1) is 13.2. The zero-order valence-corrected chi connectivity index (χ0v) is 16.3. The molecular weight excluding hydrogens is 378 g/mol. The van der Waals surface area contributed by atoms with Gasteiger partial charge in [0.1, 0.15) is 0 Å². The van der Waals surface area contributed by atoms with Gasteiger partial charge in [-0.2, -0.15) is 0 Å². The van der Waals surface area contributed by atoms with Crippen molar-refractivity contribution in [3.05, 3.63) is 57.2 Å². The summed E-state index contributed by atoms with van der Waals surface area (Å²) in [4.78, 5) is 22.4. The molecule has 1 aliphatic heterocycles. The highest BCUT2D eigenvalue weighted by atomic mass is 32.1. The number of likely N-dealkylation sites (tertiary alicyclic amines) is 1. The summed E-state index contributed by atoms with van der Waals surface area (Å²) in [6.45, 7) is 2.62. The molecule has 4 aromatic rings. The standard InChI is InChI=1S/C20H17N3O2S2/c1-12-18-13(11-14(16-6-3-9-26-16)21-19(18)25-22-12)20(24)23-8-2-5-15(23)17-7-4-10-27-17/h3-4,6-7,9-11,15H,2,5,8H2,1H3/t15-/m0/s1. The number of carbonyl (C=O) groups excluding carboxylic acids is 1. The maximum absolute atomic E-state index is 13.6. The number of amides is 1. The van der Waals surface area contributed by atoms with E-state index in [2.05, 4.69) is 21.6 Å². The van der Waals surface area contributed by atoms with Crippen molar-refractivity contribution in [1.29, 1.82) is 0 Å². The lowest BCUT2D eigenvalue weighted by Gasteiger charge is -2.24. The number of aryl methyl sites for hydroxylation is 1. The molecule has 1 atom stereocenters. The number of nitrogens with zero attached hydrogens (tertiary/aromatic N) is 3. The van der Waals surface area contributed by atoms with E-state index in [0.717, 1.165) is 35.3 Å². The second-order valence-corrected chi connectivity index (χ2v) is 8.58. The van der Waals surface area contributed by atoms with Gasteiger partial charge in [0, 0.05) is 11.4 Å². The molecule has 1 amide bonds. The highest BCUT2D eigenvalue weighted by molar-refractivity contribution is 7.13. The summed E-state index contributed by atoms with van der Waals surface area (Å²) in [5, 5.41) is 8.84. The van der Waals surface area contributed by atoms with Crippen molar-refractivity contribution in [2.75, 3.05) is 6.54 Å². The first kappa shape index (κ1) is 16.6. The lowest BCUT2D eigenvalue weighted by molar-refractivity contribution is 0.0739. The van der Waals surface area contributed by atoms with Crippen LogP contribution in [0.1, 0.15) is 39.8 Å². The third kappa shape index (κ3) is 2.78. The van der Waals surface area contributed by atoms with Gasteiger partial charge in [0.25, 0.3) is 11.6 Å². The minimum atomic E-state index is 0.0300. The van der Waals surface area contributed by atoms with Crippen molar-refractivity contribution in [3.8, 4) is 10.6 Å². The predicted octanol–water partition coefficient (Wildman–Crippen LogP) is 5.30. The first-order valence-corrected chi connectivity index (χ1v) is 10.6. The molecule has 0 bridgehead atoms. The van der Waals surface area contributed by atoms with Crippen LogP contribution in [0.2, 0.25) is 0 Å². The molecule has 7 heteroatoms. The maximum atomic E-state index is 13.6. The molecule has 5 nitrogen and oxygen atoms in total. The van der Waals surface area contributed by atoms with E-state index in [4.69, 9.17) is 4.52 Å². The molecule has 0 saturated carbocycles. The summed E-state index contributed by atoms with van der Waals surface area (Å²) in [7, 11) is 0. The Labute approximate surface area is 164 Å². The summed E-state index contributed by atoms with van der Waals surface area (Å²) in [6, 6.07) is 10.2. The lowest BCUT2D eigenvalue weighted by Crippen LogP contribution is -2.30. The summed E-state index contributed by atoms with van der Waals surface area (Å²) in [6.07, 6.45) is 2.02. The van der Waals surface area contributed by atoms with Gasteiger partial charge < -0.3 is 9.42 Å². The lowest BCUT2D eigenvalue weighted by atomic mass is 10.1. The average Bonchev–Trinajstić information content (AvgIpc) is 3.47. The van der Waals surface area contributed by atoms with Crippen LogP contribution in [-0.4, -0.2) is 27.5 Å². The Hall–Kier alpha value is -2.51. The van der Waals surface area contributed by atoms with Crippen LogP contribution < -0.4 is 0 Å². The molecule has 1 fully saturated rings. The molecule has 1 saturated heterocycles. The molecule has 0 radical (unpaired) electrons. The van der Waals surface area contributed by atoms with Crippen LogP contribution in [0.4, 0.5) is 0 Å². The third-order valence-electron chi connectivity index (χ3n) is 5.01. The second kappa shape index (κ2) is 6.58. The minimum Gasteiger partial charge on any atom is -0.335 e. The van der Waals surface area contributed by atoms with Crippen molar-refractivity contribution >= 4 is 39.7 Å². The number of aromatic nitrogens is 2. The van der Waals surface area contributed by atoms with Crippen LogP contribution in [0.25, 0.3) is 21.7 Å². The van der Waals surface area contributed by atoms with Gasteiger partial charge in [0.2, 0.25) is 0 Å². The van der Waals surface area contributed by atoms with Crippen LogP contribution in [0.3, 0.4) is 0 Å². The van der Waals surface area contributed by atoms with Crippen LogP contribution in [-0.2, 0) is 0 Å². The Bertz CT molecular complexity index is 1100. The molecule has 27 heavy (non-hydrogen) atoms. The molecule has 4 aromatic heterocycles.